The van der Waals surface area contributed by atoms with Gasteiger partial charge in [0.05, 0.1) is 24.2 Å². The van der Waals surface area contributed by atoms with Crippen LogP contribution in [-0.2, 0) is 21.6 Å². The van der Waals surface area contributed by atoms with Gasteiger partial charge in [-0.1, -0.05) is 26.0 Å². The fraction of sp³-hybridized carbons (Fsp3) is 0.438. The molecule has 5 heteroatoms. The lowest BCUT2D eigenvalue weighted by molar-refractivity contribution is -0.154. The van der Waals surface area contributed by atoms with Gasteiger partial charge in [-0.25, -0.2) is 0 Å². The van der Waals surface area contributed by atoms with Gasteiger partial charge < -0.3 is 14.8 Å². The van der Waals surface area contributed by atoms with E-state index in [2.05, 4.69) is 27.0 Å². The number of aromatic amines is 1. The van der Waals surface area contributed by atoms with Gasteiger partial charge in [-0.3, -0.25) is 4.79 Å². The lowest BCUT2D eigenvalue weighted by Gasteiger charge is -2.39. The first-order valence-corrected chi connectivity index (χ1v) is 7.90. The minimum Gasteiger partial charge on any atom is -0.481 e. The fourth-order valence-electron chi connectivity index (χ4n) is 3.29. The van der Waals surface area contributed by atoms with Crippen molar-refractivity contribution in [2.45, 2.75) is 32.3 Å². The van der Waals surface area contributed by atoms with Gasteiger partial charge in [0.2, 0.25) is 0 Å². The van der Waals surface area contributed by atoms with E-state index >= 15 is 0 Å². The largest absolute Gasteiger partial charge is 0.481 e. The van der Waals surface area contributed by atoms with Gasteiger partial charge in [0.25, 0.3) is 0 Å². The zero-order valence-electron chi connectivity index (χ0n) is 12.1. The summed E-state index contributed by atoms with van der Waals surface area (Å²) in [7, 11) is 0. The van der Waals surface area contributed by atoms with Gasteiger partial charge in [0.15, 0.2) is 0 Å². The molecule has 1 aliphatic heterocycles. The Morgan fingerprint density at radius 2 is 2.29 bits per heavy atom. The summed E-state index contributed by atoms with van der Waals surface area (Å²) in [6, 6.07) is 6.07. The Kier molecular flexibility index (Phi) is 3.58. The molecule has 1 unspecified atom stereocenters. The molecule has 2 heterocycles. The Bertz CT molecular complexity index is 707. The van der Waals surface area contributed by atoms with E-state index in [9.17, 15) is 9.90 Å². The Balaban J connectivity index is 2.27. The molecular formula is C16H18BrNO3. The average Bonchev–Trinajstić information content (AvgIpc) is 2.80. The van der Waals surface area contributed by atoms with Crippen LogP contribution in [0.2, 0.25) is 0 Å². The molecule has 3 rings (SSSR count). The van der Waals surface area contributed by atoms with Gasteiger partial charge >= 0.3 is 5.97 Å². The molecule has 0 radical (unpaired) electrons. The maximum Gasteiger partial charge on any atom is 0.306 e. The van der Waals surface area contributed by atoms with E-state index in [-0.39, 0.29) is 12.3 Å². The second-order valence-electron chi connectivity index (χ2n) is 5.85. The van der Waals surface area contributed by atoms with Crippen molar-refractivity contribution in [3.63, 3.8) is 0 Å². The molecule has 2 N–H and O–H groups in total. The topological polar surface area (TPSA) is 62.3 Å². The molecule has 1 atom stereocenters. The van der Waals surface area contributed by atoms with Crippen molar-refractivity contribution in [3.8, 4) is 0 Å². The first-order chi connectivity index (χ1) is 9.95. The number of carboxylic acids is 1. The molecule has 4 nitrogen and oxygen atoms in total. The number of carboxylic acid groups (broad SMARTS) is 1. The van der Waals surface area contributed by atoms with Gasteiger partial charge in [0.1, 0.15) is 5.60 Å². The van der Waals surface area contributed by atoms with Crippen LogP contribution in [0.25, 0.3) is 10.9 Å². The van der Waals surface area contributed by atoms with Crippen LogP contribution >= 0.6 is 15.9 Å². The van der Waals surface area contributed by atoms with Gasteiger partial charge in [0, 0.05) is 9.86 Å². The number of halogens is 1. The predicted octanol–water partition coefficient (Wildman–Crippen LogP) is 3.83. The summed E-state index contributed by atoms with van der Waals surface area (Å²) >= 11 is 3.56. The second-order valence-corrected chi connectivity index (χ2v) is 6.71. The molecule has 1 aromatic carbocycles. The maximum atomic E-state index is 11.4. The molecular weight excluding hydrogens is 334 g/mol. The number of nitrogens with one attached hydrogen (secondary N) is 1. The SMILES string of the molecule is CC(C)C1(CC(=O)O)OCCc2c1[nH]c1c(Br)cccc21. The third-order valence-corrected chi connectivity index (χ3v) is 5.03. The molecule has 0 aliphatic carbocycles. The van der Waals surface area contributed by atoms with Crippen molar-refractivity contribution in [2.75, 3.05) is 6.61 Å². The zero-order chi connectivity index (χ0) is 15.2. The fourth-order valence-corrected chi connectivity index (χ4v) is 3.75. The standard InChI is InChI=1S/C16H18BrNO3/c1-9(2)16(8-13(19)20)15-11(6-7-21-16)10-4-3-5-12(17)14(10)18-15/h3-5,9,18H,6-8H2,1-2H3,(H,19,20). The smallest absolute Gasteiger partial charge is 0.306 e. The van der Waals surface area contributed by atoms with E-state index in [0.717, 1.165) is 27.5 Å². The van der Waals surface area contributed by atoms with E-state index in [1.807, 2.05) is 26.0 Å². The Morgan fingerprint density at radius 3 is 2.95 bits per heavy atom. The highest BCUT2D eigenvalue weighted by Crippen LogP contribution is 2.44. The average molecular weight is 352 g/mol. The maximum absolute atomic E-state index is 11.4. The highest BCUT2D eigenvalue weighted by molar-refractivity contribution is 9.10. The summed E-state index contributed by atoms with van der Waals surface area (Å²) in [5, 5.41) is 10.5. The Labute approximate surface area is 131 Å². The van der Waals surface area contributed by atoms with Crippen molar-refractivity contribution in [1.29, 1.82) is 0 Å². The monoisotopic (exact) mass is 351 g/mol. The van der Waals surface area contributed by atoms with E-state index in [0.29, 0.717) is 6.61 Å². The lowest BCUT2D eigenvalue weighted by atomic mass is 9.80. The van der Waals surface area contributed by atoms with E-state index in [1.54, 1.807) is 0 Å². The quantitative estimate of drug-likeness (QED) is 0.883. The number of rotatable bonds is 3. The number of H-pyrrole nitrogens is 1. The highest BCUT2D eigenvalue weighted by atomic mass is 79.9. The Morgan fingerprint density at radius 1 is 1.52 bits per heavy atom. The highest BCUT2D eigenvalue weighted by Gasteiger charge is 2.44. The Hall–Kier alpha value is -1.33. The minimum absolute atomic E-state index is 0.0257. The van der Waals surface area contributed by atoms with Crippen molar-refractivity contribution in [1.82, 2.24) is 4.98 Å². The number of hydrogen-bond donors (Lipinski definition) is 2. The van der Waals surface area contributed by atoms with Crippen LogP contribution in [0.4, 0.5) is 0 Å². The van der Waals surface area contributed by atoms with Gasteiger partial charge in [-0.15, -0.1) is 0 Å². The first-order valence-electron chi connectivity index (χ1n) is 7.11. The summed E-state index contributed by atoms with van der Waals surface area (Å²) < 4.78 is 6.99. The summed E-state index contributed by atoms with van der Waals surface area (Å²) in [5.41, 5.74) is 2.35. The third kappa shape index (κ3) is 2.19. The summed E-state index contributed by atoms with van der Waals surface area (Å²) in [6.45, 7) is 4.58. The van der Waals surface area contributed by atoms with Crippen LogP contribution < -0.4 is 0 Å². The van der Waals surface area contributed by atoms with Gasteiger partial charge in [-0.05, 0) is 39.9 Å². The summed E-state index contributed by atoms with van der Waals surface area (Å²) in [5.74, 6) is -0.770. The molecule has 1 aliphatic rings. The van der Waals surface area contributed by atoms with Crippen LogP contribution in [-0.4, -0.2) is 22.7 Å². The third-order valence-electron chi connectivity index (χ3n) is 4.37. The molecule has 0 bridgehead atoms. The van der Waals surface area contributed by atoms with E-state index in [1.165, 1.54) is 5.56 Å². The number of para-hydroxylation sites is 1. The molecule has 1 aromatic heterocycles. The molecule has 0 amide bonds. The zero-order valence-corrected chi connectivity index (χ0v) is 13.7. The molecule has 2 aromatic rings. The lowest BCUT2D eigenvalue weighted by Crippen LogP contribution is -2.42. The van der Waals surface area contributed by atoms with Crippen LogP contribution in [0.15, 0.2) is 22.7 Å². The number of ether oxygens (including phenoxy) is 1. The molecule has 0 fully saturated rings. The van der Waals surface area contributed by atoms with Crippen molar-refractivity contribution < 1.29 is 14.6 Å². The summed E-state index contributed by atoms with van der Waals surface area (Å²) in [6.07, 6.45) is 0.780. The second kappa shape index (κ2) is 5.14. The van der Waals surface area contributed by atoms with Gasteiger partial charge in [-0.2, -0.15) is 0 Å². The number of hydrogen-bond acceptors (Lipinski definition) is 2. The number of fused-ring (bicyclic) bond motifs is 3. The van der Waals surface area contributed by atoms with Crippen molar-refractivity contribution in [2.24, 2.45) is 5.92 Å². The number of carbonyl (C=O) groups is 1. The molecule has 21 heavy (non-hydrogen) atoms. The first kappa shape index (κ1) is 14.6. The molecule has 112 valence electrons. The summed E-state index contributed by atoms with van der Waals surface area (Å²) in [4.78, 5) is 14.8. The predicted molar refractivity (Wildman–Crippen MR) is 84.4 cm³/mol. The number of benzene rings is 1. The molecule has 0 saturated carbocycles. The minimum atomic E-state index is -0.839. The van der Waals surface area contributed by atoms with E-state index < -0.39 is 11.6 Å². The molecule has 0 spiro atoms. The van der Waals surface area contributed by atoms with Crippen LogP contribution in [0.3, 0.4) is 0 Å². The van der Waals surface area contributed by atoms with Crippen LogP contribution in [0.5, 0.6) is 0 Å². The van der Waals surface area contributed by atoms with Crippen molar-refractivity contribution >= 4 is 32.8 Å². The van der Waals surface area contributed by atoms with E-state index in [4.69, 9.17) is 4.74 Å². The number of aliphatic carboxylic acids is 1. The van der Waals surface area contributed by atoms with Crippen LogP contribution in [0, 0.1) is 5.92 Å². The van der Waals surface area contributed by atoms with Crippen LogP contribution in [0.1, 0.15) is 31.5 Å². The normalized spacial score (nSPS) is 21.7. The number of aromatic nitrogens is 1. The van der Waals surface area contributed by atoms with Crippen molar-refractivity contribution in [3.05, 3.63) is 33.9 Å². The molecule has 0 saturated heterocycles.